The van der Waals surface area contributed by atoms with Crippen LogP contribution < -0.4 is 0 Å². The third-order valence-electron chi connectivity index (χ3n) is 3.20. The number of hydrogen-bond donors (Lipinski definition) is 1. The lowest BCUT2D eigenvalue weighted by Crippen LogP contribution is -2.27. The van der Waals surface area contributed by atoms with Crippen LogP contribution in [0.25, 0.3) is 0 Å². The second kappa shape index (κ2) is 2.91. The molecule has 1 saturated carbocycles. The van der Waals surface area contributed by atoms with Crippen molar-refractivity contribution in [2.24, 2.45) is 17.8 Å². The average Bonchev–Trinajstić information content (AvgIpc) is 2.58. The summed E-state index contributed by atoms with van der Waals surface area (Å²) in [5.41, 5.74) is 0. The molecule has 0 spiro atoms. The largest absolute Gasteiger partial charge is 0.465 e. The number of amides is 1. The monoisotopic (exact) mass is 180 g/mol. The number of fused-ring (bicyclic) bond motifs is 1. The molecule has 0 bridgehead atoms. The number of carbonyl (C=O) groups is 1. The van der Waals surface area contributed by atoms with Gasteiger partial charge in [-0.15, -0.1) is 0 Å². The summed E-state index contributed by atoms with van der Waals surface area (Å²) in [5.74, 6) is 1.06. The molecule has 0 aromatic carbocycles. The number of hydrogen-bond acceptors (Lipinski definition) is 2. The molecule has 1 amide bonds. The molecule has 1 heterocycles. The van der Waals surface area contributed by atoms with Crippen molar-refractivity contribution in [1.29, 1.82) is 5.26 Å². The quantitative estimate of drug-likeness (QED) is 0.608. The van der Waals surface area contributed by atoms with Crippen LogP contribution in [-0.4, -0.2) is 29.2 Å². The Labute approximate surface area is 76.8 Å². The molecule has 2 fully saturated rings. The summed E-state index contributed by atoms with van der Waals surface area (Å²) in [6.07, 6.45) is 0.971. The highest BCUT2D eigenvalue weighted by Gasteiger charge is 2.42. The van der Waals surface area contributed by atoms with Gasteiger partial charge in [-0.25, -0.2) is 4.79 Å². The van der Waals surface area contributed by atoms with Gasteiger partial charge in [-0.1, -0.05) is 0 Å². The predicted octanol–water partition coefficient (Wildman–Crippen LogP) is 1.15. The van der Waals surface area contributed by atoms with E-state index in [9.17, 15) is 4.79 Å². The molecule has 2 aliphatic rings. The summed E-state index contributed by atoms with van der Waals surface area (Å²) in [6.45, 7) is 1.27. The van der Waals surface area contributed by atoms with E-state index in [1.165, 1.54) is 4.90 Å². The number of likely N-dealkylation sites (tertiary alicyclic amines) is 1. The van der Waals surface area contributed by atoms with Gasteiger partial charge in [0, 0.05) is 19.0 Å². The van der Waals surface area contributed by atoms with Crippen molar-refractivity contribution in [2.75, 3.05) is 13.1 Å². The molecule has 4 heteroatoms. The van der Waals surface area contributed by atoms with Crippen LogP contribution in [0.5, 0.6) is 0 Å². The highest BCUT2D eigenvalue weighted by molar-refractivity contribution is 5.65. The smallest absolute Gasteiger partial charge is 0.407 e. The summed E-state index contributed by atoms with van der Waals surface area (Å²) in [5, 5.41) is 17.5. The first-order chi connectivity index (χ1) is 6.20. The molecule has 13 heavy (non-hydrogen) atoms. The standard InChI is InChI=1S/C9H12N2O2/c10-3-6-1-7-4-11(9(12)13)5-8(7)2-6/h6-8H,1-2,4-5H2,(H,12,13)/t6-,7+,8-. The van der Waals surface area contributed by atoms with Crippen LogP contribution in [0.1, 0.15) is 12.8 Å². The highest BCUT2D eigenvalue weighted by atomic mass is 16.4. The fourth-order valence-electron chi connectivity index (χ4n) is 2.56. The molecule has 1 saturated heterocycles. The summed E-state index contributed by atoms with van der Waals surface area (Å²) in [7, 11) is 0. The first-order valence-electron chi connectivity index (χ1n) is 4.58. The van der Waals surface area contributed by atoms with Crippen molar-refractivity contribution in [3.63, 3.8) is 0 Å². The third-order valence-corrected chi connectivity index (χ3v) is 3.20. The van der Waals surface area contributed by atoms with Crippen molar-refractivity contribution < 1.29 is 9.90 Å². The van der Waals surface area contributed by atoms with Crippen molar-refractivity contribution >= 4 is 6.09 Å². The van der Waals surface area contributed by atoms with Crippen LogP contribution in [-0.2, 0) is 0 Å². The van der Waals surface area contributed by atoms with E-state index < -0.39 is 6.09 Å². The number of nitriles is 1. The molecule has 1 aliphatic carbocycles. The molecule has 4 nitrogen and oxygen atoms in total. The van der Waals surface area contributed by atoms with E-state index in [1.807, 2.05) is 0 Å². The Balaban J connectivity index is 1.98. The molecular formula is C9H12N2O2. The van der Waals surface area contributed by atoms with Crippen molar-refractivity contribution in [3.05, 3.63) is 0 Å². The Morgan fingerprint density at radius 2 is 1.92 bits per heavy atom. The van der Waals surface area contributed by atoms with E-state index in [0.717, 1.165) is 12.8 Å². The van der Waals surface area contributed by atoms with Gasteiger partial charge in [-0.3, -0.25) is 0 Å². The molecular weight excluding hydrogens is 168 g/mol. The van der Waals surface area contributed by atoms with Gasteiger partial charge in [0.25, 0.3) is 0 Å². The third kappa shape index (κ3) is 1.35. The highest BCUT2D eigenvalue weighted by Crippen LogP contribution is 2.40. The minimum atomic E-state index is -0.817. The minimum Gasteiger partial charge on any atom is -0.465 e. The zero-order valence-electron chi connectivity index (χ0n) is 7.31. The van der Waals surface area contributed by atoms with E-state index >= 15 is 0 Å². The molecule has 70 valence electrons. The maximum atomic E-state index is 10.6. The van der Waals surface area contributed by atoms with Crippen molar-refractivity contribution in [3.8, 4) is 6.07 Å². The molecule has 1 N–H and O–H groups in total. The topological polar surface area (TPSA) is 64.3 Å². The molecule has 0 aromatic heterocycles. The lowest BCUT2D eigenvalue weighted by atomic mass is 10.0. The van der Waals surface area contributed by atoms with Crippen LogP contribution in [0.3, 0.4) is 0 Å². The fraction of sp³-hybridized carbons (Fsp3) is 0.778. The molecule has 1 aliphatic heterocycles. The first kappa shape index (κ1) is 8.36. The van der Waals surface area contributed by atoms with Gasteiger partial charge in [0.1, 0.15) is 0 Å². The van der Waals surface area contributed by atoms with Crippen LogP contribution in [0, 0.1) is 29.1 Å². The Kier molecular flexibility index (Phi) is 1.87. The summed E-state index contributed by atoms with van der Waals surface area (Å²) in [6, 6.07) is 2.27. The van der Waals surface area contributed by atoms with E-state index in [1.54, 1.807) is 0 Å². The van der Waals surface area contributed by atoms with Crippen molar-refractivity contribution in [2.45, 2.75) is 12.8 Å². The molecule has 0 radical (unpaired) electrons. The Morgan fingerprint density at radius 1 is 1.38 bits per heavy atom. The zero-order chi connectivity index (χ0) is 9.42. The molecule has 3 atom stereocenters. The van der Waals surface area contributed by atoms with Gasteiger partial charge in [0.2, 0.25) is 0 Å². The van der Waals surface area contributed by atoms with Gasteiger partial charge in [-0.2, -0.15) is 5.26 Å². The van der Waals surface area contributed by atoms with Gasteiger partial charge in [0.15, 0.2) is 0 Å². The number of nitrogens with zero attached hydrogens (tertiary/aromatic N) is 2. The minimum absolute atomic E-state index is 0.172. The maximum Gasteiger partial charge on any atom is 0.407 e. The molecule has 0 unspecified atom stereocenters. The molecule has 2 rings (SSSR count). The van der Waals surface area contributed by atoms with Crippen molar-refractivity contribution in [1.82, 2.24) is 4.90 Å². The zero-order valence-corrected chi connectivity index (χ0v) is 7.31. The average molecular weight is 180 g/mol. The lowest BCUT2D eigenvalue weighted by molar-refractivity contribution is 0.151. The number of rotatable bonds is 0. The summed E-state index contributed by atoms with van der Waals surface area (Å²) < 4.78 is 0. The van der Waals surface area contributed by atoms with E-state index in [2.05, 4.69) is 6.07 Å². The number of carboxylic acid groups (broad SMARTS) is 1. The second-order valence-corrected chi connectivity index (χ2v) is 4.01. The van der Waals surface area contributed by atoms with Gasteiger partial charge in [-0.05, 0) is 24.7 Å². The van der Waals surface area contributed by atoms with E-state index in [4.69, 9.17) is 10.4 Å². The Morgan fingerprint density at radius 3 is 2.31 bits per heavy atom. The van der Waals surface area contributed by atoms with Crippen LogP contribution in [0.4, 0.5) is 4.79 Å². The normalized spacial score (nSPS) is 37.2. The van der Waals surface area contributed by atoms with Gasteiger partial charge < -0.3 is 10.0 Å². The Hall–Kier alpha value is -1.24. The fourth-order valence-corrected chi connectivity index (χ4v) is 2.56. The first-order valence-corrected chi connectivity index (χ1v) is 4.58. The predicted molar refractivity (Wildman–Crippen MR) is 44.9 cm³/mol. The second-order valence-electron chi connectivity index (χ2n) is 4.01. The van der Waals surface area contributed by atoms with Gasteiger partial charge >= 0.3 is 6.09 Å². The van der Waals surface area contributed by atoms with E-state index in [-0.39, 0.29) is 5.92 Å². The molecule has 0 aromatic rings. The SMILES string of the molecule is N#C[C@H]1C[C@@H]2CN(C(=O)O)C[C@@H]2C1. The maximum absolute atomic E-state index is 10.6. The van der Waals surface area contributed by atoms with E-state index in [0.29, 0.717) is 24.9 Å². The summed E-state index contributed by atoms with van der Waals surface area (Å²) >= 11 is 0. The van der Waals surface area contributed by atoms with Crippen LogP contribution in [0.15, 0.2) is 0 Å². The summed E-state index contributed by atoms with van der Waals surface area (Å²) in [4.78, 5) is 12.1. The lowest BCUT2D eigenvalue weighted by Gasteiger charge is -2.12. The van der Waals surface area contributed by atoms with Crippen LogP contribution >= 0.6 is 0 Å². The Bertz CT molecular complexity index is 257. The van der Waals surface area contributed by atoms with Gasteiger partial charge in [0.05, 0.1) is 6.07 Å². The van der Waals surface area contributed by atoms with Crippen LogP contribution in [0.2, 0.25) is 0 Å².